The summed E-state index contributed by atoms with van der Waals surface area (Å²) in [7, 11) is 0. The van der Waals surface area contributed by atoms with Gasteiger partial charge in [-0.2, -0.15) is 0 Å². The Hall–Kier alpha value is -2.57. The molecule has 2 fully saturated rings. The van der Waals surface area contributed by atoms with E-state index < -0.39 is 11.4 Å². The zero-order chi connectivity index (χ0) is 18.7. The molecule has 2 atom stereocenters. The molecule has 7 nitrogen and oxygen atoms in total. The van der Waals surface area contributed by atoms with Gasteiger partial charge < -0.3 is 20.6 Å². The van der Waals surface area contributed by atoms with Crippen LogP contribution in [0.5, 0.6) is 0 Å². The third-order valence-corrected chi connectivity index (χ3v) is 5.52. The number of aliphatic carboxylic acids is 1. The molecule has 0 unspecified atom stereocenters. The van der Waals surface area contributed by atoms with E-state index >= 15 is 0 Å². The number of urea groups is 1. The second kappa shape index (κ2) is 7.35. The molecule has 1 aromatic rings. The molecule has 26 heavy (non-hydrogen) atoms. The van der Waals surface area contributed by atoms with Crippen LogP contribution in [0.1, 0.15) is 43.0 Å². The molecular formula is C19H25N3O4. The Morgan fingerprint density at radius 2 is 2.00 bits per heavy atom. The number of carboxylic acids is 1. The number of hydrogen-bond donors (Lipinski definition) is 3. The van der Waals surface area contributed by atoms with Gasteiger partial charge >= 0.3 is 12.0 Å². The molecule has 0 radical (unpaired) electrons. The van der Waals surface area contributed by atoms with Gasteiger partial charge in [0.1, 0.15) is 0 Å². The van der Waals surface area contributed by atoms with Crippen molar-refractivity contribution in [3.8, 4) is 0 Å². The van der Waals surface area contributed by atoms with Crippen molar-refractivity contribution in [3.05, 3.63) is 29.8 Å². The van der Waals surface area contributed by atoms with Crippen LogP contribution in [0.15, 0.2) is 24.3 Å². The molecule has 0 bridgehead atoms. The second-order valence-electron chi connectivity index (χ2n) is 7.19. The third kappa shape index (κ3) is 3.38. The summed E-state index contributed by atoms with van der Waals surface area (Å²) in [4.78, 5) is 37.7. The van der Waals surface area contributed by atoms with Gasteiger partial charge in [-0.25, -0.2) is 4.79 Å². The fraction of sp³-hybridized carbons (Fsp3) is 0.526. The molecule has 0 aromatic heterocycles. The smallest absolute Gasteiger partial charge is 0.321 e. The lowest BCUT2D eigenvalue weighted by atomic mass is 9.81. The summed E-state index contributed by atoms with van der Waals surface area (Å²) in [6, 6.07) is 6.41. The summed E-state index contributed by atoms with van der Waals surface area (Å²) in [6.07, 6.45) is 3.28. The molecular weight excluding hydrogens is 334 g/mol. The molecule has 140 valence electrons. The summed E-state index contributed by atoms with van der Waals surface area (Å²) in [5.74, 6) is -0.895. The molecule has 7 heteroatoms. The second-order valence-corrected chi connectivity index (χ2v) is 7.19. The highest BCUT2D eigenvalue weighted by Crippen LogP contribution is 2.48. The molecule has 1 aromatic carbocycles. The fourth-order valence-corrected chi connectivity index (χ4v) is 4.04. The van der Waals surface area contributed by atoms with Crippen LogP contribution in [-0.2, 0) is 4.79 Å². The van der Waals surface area contributed by atoms with Crippen LogP contribution < -0.4 is 10.6 Å². The molecule has 1 saturated carbocycles. The van der Waals surface area contributed by atoms with E-state index in [-0.39, 0.29) is 24.4 Å². The van der Waals surface area contributed by atoms with Gasteiger partial charge in [0.05, 0.1) is 5.41 Å². The molecule has 3 amide bonds. The van der Waals surface area contributed by atoms with Gasteiger partial charge in [0, 0.05) is 30.9 Å². The first-order valence-electron chi connectivity index (χ1n) is 9.14. The van der Waals surface area contributed by atoms with E-state index in [9.17, 15) is 19.5 Å². The van der Waals surface area contributed by atoms with Crippen molar-refractivity contribution in [2.75, 3.05) is 25.0 Å². The van der Waals surface area contributed by atoms with Crippen molar-refractivity contribution in [1.29, 1.82) is 0 Å². The lowest BCUT2D eigenvalue weighted by molar-refractivity contribution is -0.149. The number of likely N-dealkylation sites (tertiary alicyclic amines) is 1. The van der Waals surface area contributed by atoms with Crippen molar-refractivity contribution in [3.63, 3.8) is 0 Å². The number of fused-ring (bicyclic) bond motifs is 1. The lowest BCUT2D eigenvalue weighted by Crippen LogP contribution is -2.38. The van der Waals surface area contributed by atoms with Crippen LogP contribution in [0.25, 0.3) is 0 Å². The molecule has 3 rings (SSSR count). The van der Waals surface area contributed by atoms with E-state index in [1.165, 1.54) is 0 Å². The minimum atomic E-state index is -0.794. The Balaban J connectivity index is 1.60. The maximum Gasteiger partial charge on any atom is 0.321 e. The van der Waals surface area contributed by atoms with E-state index in [2.05, 4.69) is 10.6 Å². The number of nitrogens with one attached hydrogen (secondary N) is 2. The Kier molecular flexibility index (Phi) is 5.15. The van der Waals surface area contributed by atoms with Crippen molar-refractivity contribution in [2.45, 2.75) is 32.6 Å². The quantitative estimate of drug-likeness (QED) is 0.752. The summed E-state index contributed by atoms with van der Waals surface area (Å²) in [5, 5.41) is 15.2. The highest BCUT2D eigenvalue weighted by molar-refractivity contribution is 5.95. The van der Waals surface area contributed by atoms with Crippen molar-refractivity contribution in [1.82, 2.24) is 10.2 Å². The molecule has 1 heterocycles. The van der Waals surface area contributed by atoms with Crippen molar-refractivity contribution >= 4 is 23.6 Å². The standard InChI is InChI=1S/C19H25N3O4/c1-2-10-20-16(23)13-5-7-15(8-6-13)21-18(26)22-11-14-4-3-9-19(14,12-22)17(24)25/h5-8,14H,2-4,9-12H2,1H3,(H,20,23)(H,21,26)(H,24,25)/t14-,19+/m0/s1. The molecule has 1 aliphatic heterocycles. The van der Waals surface area contributed by atoms with Gasteiger partial charge in [-0.05, 0) is 49.4 Å². The zero-order valence-corrected chi connectivity index (χ0v) is 15.0. The fourth-order valence-electron chi connectivity index (χ4n) is 4.04. The number of nitrogens with zero attached hydrogens (tertiary/aromatic N) is 1. The molecule has 0 spiro atoms. The normalized spacial score (nSPS) is 24.2. The first-order chi connectivity index (χ1) is 12.5. The van der Waals surface area contributed by atoms with Crippen LogP contribution in [0, 0.1) is 11.3 Å². The van der Waals surface area contributed by atoms with Crippen LogP contribution >= 0.6 is 0 Å². The van der Waals surface area contributed by atoms with Gasteiger partial charge in [-0.15, -0.1) is 0 Å². The van der Waals surface area contributed by atoms with E-state index in [0.717, 1.165) is 19.3 Å². The van der Waals surface area contributed by atoms with Crippen LogP contribution in [0.4, 0.5) is 10.5 Å². The highest BCUT2D eigenvalue weighted by atomic mass is 16.4. The monoisotopic (exact) mass is 359 g/mol. The Labute approximate surface area is 152 Å². The number of anilines is 1. The Morgan fingerprint density at radius 3 is 2.62 bits per heavy atom. The summed E-state index contributed by atoms with van der Waals surface area (Å²) in [6.45, 7) is 3.35. The van der Waals surface area contributed by atoms with E-state index in [1.54, 1.807) is 29.2 Å². The van der Waals surface area contributed by atoms with Gasteiger partial charge in [0.15, 0.2) is 0 Å². The summed E-state index contributed by atoms with van der Waals surface area (Å²) >= 11 is 0. The van der Waals surface area contributed by atoms with Crippen LogP contribution in [0.2, 0.25) is 0 Å². The molecule has 3 N–H and O–H groups in total. The van der Waals surface area contributed by atoms with E-state index in [4.69, 9.17) is 0 Å². The predicted octanol–water partition coefficient (Wildman–Crippen LogP) is 2.55. The lowest BCUT2D eigenvalue weighted by Gasteiger charge is -2.23. The largest absolute Gasteiger partial charge is 0.481 e. The Bertz CT molecular complexity index is 703. The van der Waals surface area contributed by atoms with Gasteiger partial charge in [0.2, 0.25) is 0 Å². The van der Waals surface area contributed by atoms with E-state index in [1.807, 2.05) is 6.92 Å². The first kappa shape index (κ1) is 18.2. The summed E-state index contributed by atoms with van der Waals surface area (Å²) in [5.41, 5.74) is 0.346. The van der Waals surface area contributed by atoms with Crippen molar-refractivity contribution in [2.24, 2.45) is 11.3 Å². The number of benzene rings is 1. The first-order valence-corrected chi connectivity index (χ1v) is 9.14. The molecule has 1 saturated heterocycles. The Morgan fingerprint density at radius 1 is 1.27 bits per heavy atom. The maximum absolute atomic E-state index is 12.5. The molecule has 1 aliphatic carbocycles. The van der Waals surface area contributed by atoms with Crippen LogP contribution in [-0.4, -0.2) is 47.5 Å². The minimum absolute atomic E-state index is 0.0374. The number of rotatable bonds is 5. The SMILES string of the molecule is CCCNC(=O)c1ccc(NC(=O)N2C[C@@H]3CCC[C@@]3(C(=O)O)C2)cc1. The predicted molar refractivity (Wildman–Crippen MR) is 97.1 cm³/mol. The van der Waals surface area contributed by atoms with E-state index in [0.29, 0.717) is 30.8 Å². The number of amides is 3. The van der Waals surface area contributed by atoms with Gasteiger partial charge in [0.25, 0.3) is 5.91 Å². The number of carboxylic acid groups (broad SMARTS) is 1. The van der Waals surface area contributed by atoms with Crippen LogP contribution in [0.3, 0.4) is 0 Å². The maximum atomic E-state index is 12.5. The molecule has 2 aliphatic rings. The van der Waals surface area contributed by atoms with Gasteiger partial charge in [-0.1, -0.05) is 13.3 Å². The van der Waals surface area contributed by atoms with Gasteiger partial charge in [-0.3, -0.25) is 9.59 Å². The minimum Gasteiger partial charge on any atom is -0.481 e. The zero-order valence-electron chi connectivity index (χ0n) is 15.0. The van der Waals surface area contributed by atoms with Crippen molar-refractivity contribution < 1.29 is 19.5 Å². The highest BCUT2D eigenvalue weighted by Gasteiger charge is 2.55. The topological polar surface area (TPSA) is 98.7 Å². The number of carbonyl (C=O) groups is 3. The third-order valence-electron chi connectivity index (χ3n) is 5.52. The summed E-state index contributed by atoms with van der Waals surface area (Å²) < 4.78 is 0. The average molecular weight is 359 g/mol. The number of hydrogen-bond acceptors (Lipinski definition) is 3. The number of carbonyl (C=O) groups excluding carboxylic acids is 2. The average Bonchev–Trinajstić information content (AvgIpc) is 3.19.